The third kappa shape index (κ3) is 2.10. The van der Waals surface area contributed by atoms with Crippen molar-refractivity contribution in [2.24, 2.45) is 0 Å². The zero-order chi connectivity index (χ0) is 13.5. The fourth-order valence-electron chi connectivity index (χ4n) is 2.28. The zero-order valence-corrected chi connectivity index (χ0v) is 11.7. The molecular formula is C13H13NO3S2. The highest BCUT2D eigenvalue weighted by atomic mass is 32.2. The molecule has 3 rings (SSSR count). The summed E-state index contributed by atoms with van der Waals surface area (Å²) in [6.07, 6.45) is 0. The first-order valence-electron chi connectivity index (χ1n) is 5.87. The number of aliphatic hydroxyl groups is 1. The van der Waals surface area contributed by atoms with Crippen molar-refractivity contribution in [3.8, 4) is 0 Å². The lowest BCUT2D eigenvalue weighted by atomic mass is 10.1. The Labute approximate surface area is 116 Å². The topological polar surface area (TPSA) is 57.6 Å². The summed E-state index contributed by atoms with van der Waals surface area (Å²) >= 11 is 1.26. The van der Waals surface area contributed by atoms with Crippen molar-refractivity contribution in [1.82, 2.24) is 4.31 Å². The molecule has 0 fully saturated rings. The number of hydrogen-bond acceptors (Lipinski definition) is 4. The molecule has 0 saturated heterocycles. The molecule has 0 bridgehead atoms. The third-order valence-corrected chi connectivity index (χ3v) is 6.19. The second-order valence-corrected chi connectivity index (χ2v) is 7.31. The summed E-state index contributed by atoms with van der Waals surface area (Å²) in [5.41, 5.74) is 2.10. The maximum atomic E-state index is 12.6. The molecule has 1 aromatic carbocycles. The minimum atomic E-state index is -3.52. The van der Waals surface area contributed by atoms with E-state index >= 15 is 0 Å². The molecule has 4 nitrogen and oxygen atoms in total. The molecule has 2 heterocycles. The zero-order valence-electron chi connectivity index (χ0n) is 10.1. The van der Waals surface area contributed by atoms with Crippen LogP contribution in [0, 0.1) is 0 Å². The van der Waals surface area contributed by atoms with E-state index in [1.165, 1.54) is 15.6 Å². The van der Waals surface area contributed by atoms with Gasteiger partial charge in [0, 0.05) is 18.0 Å². The van der Waals surface area contributed by atoms with Gasteiger partial charge in [0.15, 0.2) is 0 Å². The van der Waals surface area contributed by atoms with Crippen LogP contribution in [0.4, 0.5) is 0 Å². The van der Waals surface area contributed by atoms with E-state index in [4.69, 9.17) is 0 Å². The molecule has 6 heteroatoms. The van der Waals surface area contributed by atoms with Gasteiger partial charge in [0.25, 0.3) is 0 Å². The Balaban J connectivity index is 1.96. The molecule has 0 saturated carbocycles. The number of fused-ring (bicyclic) bond motifs is 1. The maximum Gasteiger partial charge on any atom is 0.244 e. The molecule has 19 heavy (non-hydrogen) atoms. The highest BCUT2D eigenvalue weighted by molar-refractivity contribution is 7.89. The van der Waals surface area contributed by atoms with Gasteiger partial charge in [-0.3, -0.25) is 0 Å². The molecule has 0 spiro atoms. The van der Waals surface area contributed by atoms with Crippen LogP contribution < -0.4 is 0 Å². The van der Waals surface area contributed by atoms with Gasteiger partial charge in [0.2, 0.25) is 10.0 Å². The Morgan fingerprint density at radius 2 is 1.79 bits per heavy atom. The normalized spacial score (nSPS) is 15.6. The average molecular weight is 295 g/mol. The predicted molar refractivity (Wildman–Crippen MR) is 73.1 cm³/mol. The van der Waals surface area contributed by atoms with Gasteiger partial charge in [-0.15, -0.1) is 11.3 Å². The standard InChI is InChI=1S/C13H13NO3S2/c15-9-12-13(5-6-18-12)19(16,17)14-7-10-3-1-2-4-11(10)8-14/h1-6,15H,7-9H2. The van der Waals surface area contributed by atoms with Crippen molar-refractivity contribution in [2.45, 2.75) is 24.6 Å². The largest absolute Gasteiger partial charge is 0.391 e. The molecule has 0 unspecified atom stereocenters. The summed E-state index contributed by atoms with van der Waals surface area (Å²) in [7, 11) is -3.52. The SMILES string of the molecule is O=S(=O)(c1ccsc1CO)N1Cc2ccccc2C1. The van der Waals surface area contributed by atoms with Crippen molar-refractivity contribution >= 4 is 21.4 Å². The highest BCUT2D eigenvalue weighted by Crippen LogP contribution is 2.31. The number of thiophene rings is 1. The molecule has 100 valence electrons. The first-order valence-corrected chi connectivity index (χ1v) is 8.19. The van der Waals surface area contributed by atoms with Gasteiger partial charge in [-0.1, -0.05) is 24.3 Å². The summed E-state index contributed by atoms with van der Waals surface area (Å²) in [5.74, 6) is 0. The molecule has 1 N–H and O–H groups in total. The van der Waals surface area contributed by atoms with Gasteiger partial charge < -0.3 is 5.11 Å². The fraction of sp³-hybridized carbons (Fsp3) is 0.231. The summed E-state index contributed by atoms with van der Waals surface area (Å²) in [6, 6.07) is 9.29. The van der Waals surface area contributed by atoms with Crippen LogP contribution in [0.25, 0.3) is 0 Å². The van der Waals surface area contributed by atoms with Gasteiger partial charge >= 0.3 is 0 Å². The summed E-state index contributed by atoms with van der Waals surface area (Å²) in [4.78, 5) is 0.726. The number of benzene rings is 1. The number of nitrogens with zero attached hydrogens (tertiary/aromatic N) is 1. The first kappa shape index (κ1) is 12.8. The van der Waals surface area contributed by atoms with Crippen LogP contribution >= 0.6 is 11.3 Å². The molecule has 0 atom stereocenters. The second kappa shape index (κ2) is 4.72. The van der Waals surface area contributed by atoms with E-state index in [1.54, 1.807) is 11.4 Å². The van der Waals surface area contributed by atoms with Crippen molar-refractivity contribution in [3.63, 3.8) is 0 Å². The molecule has 0 amide bonds. The van der Waals surface area contributed by atoms with Crippen LogP contribution in [0.5, 0.6) is 0 Å². The highest BCUT2D eigenvalue weighted by Gasteiger charge is 2.32. The average Bonchev–Trinajstić information content (AvgIpc) is 3.05. The first-order chi connectivity index (χ1) is 9.13. The van der Waals surface area contributed by atoms with E-state index in [1.807, 2.05) is 24.3 Å². The van der Waals surface area contributed by atoms with Gasteiger partial charge in [-0.05, 0) is 22.6 Å². The van der Waals surface area contributed by atoms with Crippen molar-refractivity contribution in [2.75, 3.05) is 0 Å². The van der Waals surface area contributed by atoms with Crippen LogP contribution in [-0.4, -0.2) is 17.8 Å². The van der Waals surface area contributed by atoms with E-state index in [2.05, 4.69) is 0 Å². The monoisotopic (exact) mass is 295 g/mol. The Morgan fingerprint density at radius 1 is 1.16 bits per heavy atom. The molecule has 2 aromatic rings. The lowest BCUT2D eigenvalue weighted by Gasteiger charge is -2.15. The van der Waals surface area contributed by atoms with Crippen molar-refractivity contribution in [3.05, 3.63) is 51.7 Å². The molecule has 1 aliphatic heterocycles. The van der Waals surface area contributed by atoms with E-state index in [0.29, 0.717) is 18.0 Å². The van der Waals surface area contributed by atoms with Crippen LogP contribution in [0.1, 0.15) is 16.0 Å². The molecule has 1 aliphatic rings. The van der Waals surface area contributed by atoms with Gasteiger partial charge in [-0.2, -0.15) is 4.31 Å². The quantitative estimate of drug-likeness (QED) is 0.941. The smallest absolute Gasteiger partial charge is 0.244 e. The summed E-state index contributed by atoms with van der Waals surface area (Å²) < 4.78 is 26.6. The molecule has 0 aliphatic carbocycles. The van der Waals surface area contributed by atoms with Crippen molar-refractivity contribution in [1.29, 1.82) is 0 Å². The number of rotatable bonds is 3. The third-order valence-electron chi connectivity index (χ3n) is 3.28. The summed E-state index contributed by atoms with van der Waals surface area (Å²) in [6.45, 7) is 0.561. The number of aliphatic hydroxyl groups excluding tert-OH is 1. The molecule has 0 radical (unpaired) electrons. The van der Waals surface area contributed by atoms with E-state index < -0.39 is 10.0 Å². The second-order valence-electron chi connectivity index (χ2n) is 4.41. The maximum absolute atomic E-state index is 12.6. The number of hydrogen-bond donors (Lipinski definition) is 1. The van der Waals surface area contributed by atoms with E-state index in [0.717, 1.165) is 11.1 Å². The Bertz CT molecular complexity index is 681. The Morgan fingerprint density at radius 3 is 2.37 bits per heavy atom. The fourth-order valence-corrected chi connectivity index (χ4v) is 4.95. The Hall–Kier alpha value is -1.21. The van der Waals surface area contributed by atoms with Crippen LogP contribution in [0.15, 0.2) is 40.6 Å². The van der Waals surface area contributed by atoms with Gasteiger partial charge in [-0.25, -0.2) is 8.42 Å². The van der Waals surface area contributed by atoms with E-state index in [9.17, 15) is 13.5 Å². The minimum Gasteiger partial charge on any atom is -0.391 e. The van der Waals surface area contributed by atoms with Crippen molar-refractivity contribution < 1.29 is 13.5 Å². The predicted octanol–water partition coefficient (Wildman–Crippen LogP) is 1.94. The Kier molecular flexibility index (Phi) is 3.18. The molecule has 1 aromatic heterocycles. The van der Waals surface area contributed by atoms with Gasteiger partial charge in [0.05, 0.1) is 11.5 Å². The minimum absolute atomic E-state index is 0.229. The number of sulfonamides is 1. The summed E-state index contributed by atoms with van der Waals surface area (Å²) in [5, 5.41) is 10.9. The van der Waals surface area contributed by atoms with Crippen LogP contribution in [0.2, 0.25) is 0 Å². The van der Waals surface area contributed by atoms with E-state index in [-0.39, 0.29) is 11.5 Å². The van der Waals surface area contributed by atoms with Crippen LogP contribution in [0.3, 0.4) is 0 Å². The lowest BCUT2D eigenvalue weighted by Crippen LogP contribution is -2.26. The lowest BCUT2D eigenvalue weighted by molar-refractivity contribution is 0.282. The van der Waals surface area contributed by atoms with Gasteiger partial charge in [0.1, 0.15) is 0 Å². The van der Waals surface area contributed by atoms with Crippen LogP contribution in [-0.2, 0) is 29.7 Å². The molecular weight excluding hydrogens is 282 g/mol.